The van der Waals surface area contributed by atoms with Gasteiger partial charge in [0, 0.05) is 5.69 Å². The first-order valence-electron chi connectivity index (χ1n) is 9.85. The number of anilines is 1. The Kier molecular flexibility index (Phi) is 8.58. The van der Waals surface area contributed by atoms with Crippen molar-refractivity contribution in [2.45, 2.75) is 26.8 Å². The van der Waals surface area contributed by atoms with Crippen molar-refractivity contribution in [3.63, 3.8) is 0 Å². The molecule has 0 aliphatic rings. The zero-order valence-electron chi connectivity index (χ0n) is 17.7. The molecule has 8 heteroatoms. The van der Waals surface area contributed by atoms with Gasteiger partial charge in [0.2, 0.25) is 0 Å². The molecule has 0 heterocycles. The molecule has 162 valence electrons. The highest BCUT2D eigenvalue weighted by Crippen LogP contribution is 2.18. The molecule has 0 bridgehead atoms. The van der Waals surface area contributed by atoms with Crippen LogP contribution in [-0.2, 0) is 14.3 Å². The first-order valence-corrected chi connectivity index (χ1v) is 9.85. The summed E-state index contributed by atoms with van der Waals surface area (Å²) in [4.78, 5) is 37.3. The van der Waals surface area contributed by atoms with Crippen molar-refractivity contribution in [3.05, 3.63) is 59.7 Å². The van der Waals surface area contributed by atoms with Crippen LogP contribution in [0.25, 0.3) is 0 Å². The summed E-state index contributed by atoms with van der Waals surface area (Å²) in [5.74, 6) is -1.61. The molecule has 0 saturated heterocycles. The zero-order valence-corrected chi connectivity index (χ0v) is 17.7. The maximum atomic E-state index is 12.7. The third kappa shape index (κ3) is 6.85. The molecule has 2 amide bonds. The third-order valence-electron chi connectivity index (χ3n) is 4.26. The number of ether oxygens (including phenoxy) is 2. The van der Waals surface area contributed by atoms with Crippen molar-refractivity contribution in [1.29, 1.82) is 5.26 Å². The van der Waals surface area contributed by atoms with Crippen LogP contribution >= 0.6 is 0 Å². The van der Waals surface area contributed by atoms with E-state index in [-0.39, 0.29) is 5.92 Å². The summed E-state index contributed by atoms with van der Waals surface area (Å²) in [5, 5.41) is 14.1. The number of hydrogen-bond acceptors (Lipinski definition) is 6. The van der Waals surface area contributed by atoms with E-state index in [0.717, 1.165) is 0 Å². The molecule has 2 aromatic rings. The third-order valence-corrected chi connectivity index (χ3v) is 4.26. The second-order valence-corrected chi connectivity index (χ2v) is 6.97. The summed E-state index contributed by atoms with van der Waals surface area (Å²) in [6.07, 6.45) is 0. The Hall–Kier alpha value is -3.86. The lowest BCUT2D eigenvalue weighted by atomic mass is 10.0. The molecule has 2 N–H and O–H groups in total. The van der Waals surface area contributed by atoms with Crippen molar-refractivity contribution in [2.75, 3.05) is 18.5 Å². The molecule has 0 unspecified atom stereocenters. The van der Waals surface area contributed by atoms with Crippen LogP contribution in [0.5, 0.6) is 5.75 Å². The number of para-hydroxylation sites is 1. The van der Waals surface area contributed by atoms with Crippen LogP contribution in [0.1, 0.15) is 36.7 Å². The number of carbonyl (C=O) groups is 3. The summed E-state index contributed by atoms with van der Waals surface area (Å²) in [6.45, 7) is 5.20. The van der Waals surface area contributed by atoms with Crippen LogP contribution in [-0.4, -0.2) is 37.0 Å². The second kappa shape index (κ2) is 11.4. The van der Waals surface area contributed by atoms with Gasteiger partial charge < -0.3 is 20.1 Å². The Bertz CT molecular complexity index is 981. The summed E-state index contributed by atoms with van der Waals surface area (Å²) in [6, 6.07) is 14.1. The van der Waals surface area contributed by atoms with E-state index in [9.17, 15) is 14.4 Å². The summed E-state index contributed by atoms with van der Waals surface area (Å²) >= 11 is 0. The SMILES string of the molecule is CCOc1ccccc1C(=O)N[C@H](C(=O)OCC(=O)Nc1cccc(C#N)c1)C(C)C. The predicted octanol–water partition coefficient (Wildman–Crippen LogP) is 2.89. The number of nitrogens with zero attached hydrogens (tertiary/aromatic N) is 1. The molecule has 2 aromatic carbocycles. The van der Waals surface area contributed by atoms with E-state index in [2.05, 4.69) is 10.6 Å². The van der Waals surface area contributed by atoms with Gasteiger partial charge in [0.05, 0.1) is 23.8 Å². The fourth-order valence-corrected chi connectivity index (χ4v) is 2.74. The van der Waals surface area contributed by atoms with Gasteiger partial charge in [-0.3, -0.25) is 9.59 Å². The molecule has 0 spiro atoms. The number of carbonyl (C=O) groups excluding carboxylic acids is 3. The van der Waals surface area contributed by atoms with E-state index in [0.29, 0.717) is 29.2 Å². The first kappa shape index (κ1) is 23.4. The van der Waals surface area contributed by atoms with Crippen LogP contribution in [0.2, 0.25) is 0 Å². The van der Waals surface area contributed by atoms with Crippen molar-refractivity contribution in [2.24, 2.45) is 5.92 Å². The molecule has 0 aliphatic heterocycles. The Morgan fingerprint density at radius 2 is 1.84 bits per heavy atom. The zero-order chi connectivity index (χ0) is 22.8. The summed E-state index contributed by atoms with van der Waals surface area (Å²) in [5.41, 5.74) is 1.11. The molecule has 2 rings (SSSR count). The van der Waals surface area contributed by atoms with Crippen LogP contribution in [0.4, 0.5) is 5.69 Å². The Morgan fingerprint density at radius 1 is 1.10 bits per heavy atom. The maximum Gasteiger partial charge on any atom is 0.329 e. The number of esters is 1. The van der Waals surface area contributed by atoms with Crippen LogP contribution in [0.3, 0.4) is 0 Å². The van der Waals surface area contributed by atoms with Crippen molar-refractivity contribution in [3.8, 4) is 11.8 Å². The van der Waals surface area contributed by atoms with Gasteiger partial charge in [0.25, 0.3) is 11.8 Å². The van der Waals surface area contributed by atoms with Gasteiger partial charge in [0.1, 0.15) is 11.8 Å². The lowest BCUT2D eigenvalue weighted by molar-refractivity contribution is -0.150. The minimum atomic E-state index is -0.947. The van der Waals surface area contributed by atoms with E-state index < -0.39 is 30.4 Å². The molecule has 0 saturated carbocycles. The molecule has 1 atom stereocenters. The van der Waals surface area contributed by atoms with Crippen LogP contribution in [0, 0.1) is 17.2 Å². The van der Waals surface area contributed by atoms with E-state index in [4.69, 9.17) is 14.7 Å². The number of nitrogens with one attached hydrogen (secondary N) is 2. The lowest BCUT2D eigenvalue weighted by Crippen LogP contribution is -2.46. The molecule has 8 nitrogen and oxygen atoms in total. The number of nitriles is 1. The Morgan fingerprint density at radius 3 is 2.52 bits per heavy atom. The van der Waals surface area contributed by atoms with Crippen molar-refractivity contribution >= 4 is 23.5 Å². The standard InChI is InChI=1S/C23H25N3O5/c1-4-30-19-11-6-5-10-18(19)22(28)26-21(15(2)3)23(29)31-14-20(27)25-17-9-7-8-16(12-17)13-24/h5-12,15,21H,4,14H2,1-3H3,(H,25,27)(H,26,28)/t21-/m0/s1. The van der Waals surface area contributed by atoms with Gasteiger partial charge in [-0.25, -0.2) is 4.79 Å². The highest BCUT2D eigenvalue weighted by atomic mass is 16.5. The van der Waals surface area contributed by atoms with Gasteiger partial charge in [-0.2, -0.15) is 5.26 Å². The first-order chi connectivity index (χ1) is 14.8. The molecular weight excluding hydrogens is 398 g/mol. The lowest BCUT2D eigenvalue weighted by Gasteiger charge is -2.21. The monoisotopic (exact) mass is 423 g/mol. The van der Waals surface area contributed by atoms with Gasteiger partial charge in [-0.1, -0.05) is 32.0 Å². The van der Waals surface area contributed by atoms with Gasteiger partial charge >= 0.3 is 5.97 Å². The molecule has 0 aliphatic carbocycles. The fraction of sp³-hybridized carbons (Fsp3) is 0.304. The maximum absolute atomic E-state index is 12.7. The molecular formula is C23H25N3O5. The molecule has 0 aromatic heterocycles. The largest absolute Gasteiger partial charge is 0.493 e. The number of hydrogen-bond donors (Lipinski definition) is 2. The van der Waals surface area contributed by atoms with Gasteiger partial charge in [-0.05, 0) is 43.2 Å². The van der Waals surface area contributed by atoms with Gasteiger partial charge in [0.15, 0.2) is 6.61 Å². The number of rotatable bonds is 9. The van der Waals surface area contributed by atoms with Crippen LogP contribution < -0.4 is 15.4 Å². The molecule has 31 heavy (non-hydrogen) atoms. The van der Waals surface area contributed by atoms with Crippen LogP contribution in [0.15, 0.2) is 48.5 Å². The minimum Gasteiger partial charge on any atom is -0.493 e. The molecule has 0 radical (unpaired) electrons. The smallest absolute Gasteiger partial charge is 0.329 e. The summed E-state index contributed by atoms with van der Waals surface area (Å²) in [7, 11) is 0. The topological polar surface area (TPSA) is 118 Å². The van der Waals surface area contributed by atoms with Gasteiger partial charge in [-0.15, -0.1) is 0 Å². The summed E-state index contributed by atoms with van der Waals surface area (Å²) < 4.78 is 10.6. The van der Waals surface area contributed by atoms with E-state index >= 15 is 0 Å². The highest BCUT2D eigenvalue weighted by Gasteiger charge is 2.27. The number of amides is 2. The van der Waals surface area contributed by atoms with E-state index in [1.807, 2.05) is 13.0 Å². The van der Waals surface area contributed by atoms with E-state index in [1.54, 1.807) is 56.3 Å². The Labute approximate surface area is 181 Å². The minimum absolute atomic E-state index is 0.272. The fourth-order valence-electron chi connectivity index (χ4n) is 2.74. The average Bonchev–Trinajstić information content (AvgIpc) is 2.76. The van der Waals surface area contributed by atoms with Crippen molar-refractivity contribution < 1.29 is 23.9 Å². The normalized spacial score (nSPS) is 11.2. The highest BCUT2D eigenvalue weighted by molar-refractivity contribution is 5.99. The second-order valence-electron chi connectivity index (χ2n) is 6.97. The molecule has 0 fully saturated rings. The Balaban J connectivity index is 1.98. The predicted molar refractivity (Wildman–Crippen MR) is 114 cm³/mol. The van der Waals surface area contributed by atoms with E-state index in [1.165, 1.54) is 6.07 Å². The average molecular weight is 423 g/mol. The quantitative estimate of drug-likeness (QED) is 0.599. The van der Waals surface area contributed by atoms with Crippen molar-refractivity contribution in [1.82, 2.24) is 5.32 Å². The number of benzene rings is 2.